The van der Waals surface area contributed by atoms with E-state index in [4.69, 9.17) is 14.0 Å². The molecule has 0 bridgehead atoms. The van der Waals surface area contributed by atoms with Gasteiger partial charge in [-0.3, -0.25) is 0 Å². The summed E-state index contributed by atoms with van der Waals surface area (Å²) in [5.41, 5.74) is 2.57. The summed E-state index contributed by atoms with van der Waals surface area (Å²) in [6.45, 7) is 9.11. The predicted octanol–water partition coefficient (Wildman–Crippen LogP) is 6.37. The van der Waals surface area contributed by atoms with E-state index in [2.05, 4.69) is 25.9 Å². The highest BCUT2D eigenvalue weighted by Gasteiger charge is 2.20. The molecule has 6 nitrogen and oxygen atoms in total. The highest BCUT2D eigenvalue weighted by Crippen LogP contribution is 2.30. The molecule has 3 rings (SSSR count). The molecule has 0 atom stereocenters. The molecular formula is C25H36N2O4. The Bertz CT molecular complexity index is 845. The summed E-state index contributed by atoms with van der Waals surface area (Å²) < 4.78 is 17.2. The van der Waals surface area contributed by atoms with Crippen molar-refractivity contribution in [2.24, 2.45) is 5.41 Å². The van der Waals surface area contributed by atoms with Crippen LogP contribution >= 0.6 is 0 Å². The predicted molar refractivity (Wildman–Crippen MR) is 121 cm³/mol. The largest absolute Gasteiger partial charge is 0.490 e. The molecule has 1 heterocycles. The second kappa shape index (κ2) is 10.2. The number of hydrogen-bond acceptors (Lipinski definition) is 5. The molecule has 0 unspecified atom stereocenters. The number of rotatable bonds is 7. The second-order valence-electron chi connectivity index (χ2n) is 9.76. The fourth-order valence-corrected chi connectivity index (χ4v) is 3.68. The van der Waals surface area contributed by atoms with Gasteiger partial charge in [0.25, 0.3) is 0 Å². The quantitative estimate of drug-likeness (QED) is 0.513. The minimum Gasteiger partial charge on any atom is -0.490 e. The molecular weight excluding hydrogens is 392 g/mol. The zero-order valence-electron chi connectivity index (χ0n) is 19.6. The van der Waals surface area contributed by atoms with Gasteiger partial charge in [0.05, 0.1) is 17.4 Å². The van der Waals surface area contributed by atoms with Crippen molar-refractivity contribution in [2.75, 3.05) is 13.6 Å². The molecule has 1 aliphatic rings. The van der Waals surface area contributed by atoms with Gasteiger partial charge in [0.1, 0.15) is 12.4 Å². The van der Waals surface area contributed by atoms with E-state index in [1.54, 1.807) is 11.9 Å². The van der Waals surface area contributed by atoms with E-state index in [1.807, 2.05) is 31.2 Å². The Morgan fingerprint density at radius 2 is 1.84 bits per heavy atom. The van der Waals surface area contributed by atoms with Gasteiger partial charge in [-0.15, -0.1) is 0 Å². The van der Waals surface area contributed by atoms with Crippen molar-refractivity contribution in [2.45, 2.75) is 78.9 Å². The van der Waals surface area contributed by atoms with E-state index in [0.29, 0.717) is 18.4 Å². The van der Waals surface area contributed by atoms with Gasteiger partial charge >= 0.3 is 6.09 Å². The summed E-state index contributed by atoms with van der Waals surface area (Å²) in [6, 6.07) is 7.88. The zero-order chi connectivity index (χ0) is 22.4. The van der Waals surface area contributed by atoms with Crippen LogP contribution in [0.15, 0.2) is 28.8 Å². The number of hydrogen-bond donors (Lipinski definition) is 0. The number of amides is 1. The maximum atomic E-state index is 12.4. The molecule has 1 aromatic heterocycles. The first-order chi connectivity index (χ1) is 14.7. The Balaban J connectivity index is 1.60. The minimum atomic E-state index is -0.341. The number of aromatic nitrogens is 1. The number of carbonyl (C=O) groups is 1. The molecule has 0 saturated heterocycles. The van der Waals surface area contributed by atoms with Crippen molar-refractivity contribution >= 4 is 6.09 Å². The lowest BCUT2D eigenvalue weighted by atomic mass is 9.92. The molecule has 2 aromatic rings. The normalized spacial score (nSPS) is 15.0. The lowest BCUT2D eigenvalue weighted by Crippen LogP contribution is -2.30. The van der Waals surface area contributed by atoms with Crippen LogP contribution in [0.2, 0.25) is 0 Å². The van der Waals surface area contributed by atoms with Crippen LogP contribution in [-0.4, -0.2) is 35.8 Å². The average molecular weight is 429 g/mol. The summed E-state index contributed by atoms with van der Waals surface area (Å²) in [5.74, 6) is 1.51. The van der Waals surface area contributed by atoms with Crippen molar-refractivity contribution in [1.29, 1.82) is 0 Å². The zero-order valence-corrected chi connectivity index (χ0v) is 19.6. The summed E-state index contributed by atoms with van der Waals surface area (Å²) in [7, 11) is 1.76. The number of aryl methyl sites for hydroxylation is 1. The van der Waals surface area contributed by atoms with Gasteiger partial charge < -0.3 is 18.9 Å². The fraction of sp³-hybridized carbons (Fsp3) is 0.600. The molecule has 0 aliphatic heterocycles. The molecule has 1 aliphatic carbocycles. The monoisotopic (exact) mass is 428 g/mol. The van der Waals surface area contributed by atoms with Crippen molar-refractivity contribution in [1.82, 2.24) is 10.1 Å². The van der Waals surface area contributed by atoms with Gasteiger partial charge in [0.2, 0.25) is 0 Å². The molecule has 170 valence electrons. The smallest absolute Gasteiger partial charge is 0.409 e. The summed E-state index contributed by atoms with van der Waals surface area (Å²) in [4.78, 5) is 14.0. The van der Waals surface area contributed by atoms with E-state index < -0.39 is 0 Å². The molecule has 0 N–H and O–H groups in total. The standard InChI is InChI=1S/C25H36N2O4/c1-18-22(17-29-24(28)27(5)16-15-25(2,3)4)23(31-26-18)19-11-13-21(14-12-19)30-20-9-7-6-8-10-20/h11-14,20H,6-10,15-17H2,1-5H3. The number of carbonyl (C=O) groups excluding carboxylic acids is 1. The maximum absolute atomic E-state index is 12.4. The van der Waals surface area contributed by atoms with Crippen LogP contribution in [0.4, 0.5) is 4.79 Å². The first-order valence-corrected chi connectivity index (χ1v) is 11.3. The number of ether oxygens (including phenoxy) is 2. The minimum absolute atomic E-state index is 0.129. The van der Waals surface area contributed by atoms with Crippen LogP contribution in [0.3, 0.4) is 0 Å². The highest BCUT2D eigenvalue weighted by atomic mass is 16.6. The molecule has 1 amide bonds. The van der Waals surface area contributed by atoms with Gasteiger partial charge in [-0.25, -0.2) is 4.79 Å². The Kier molecular flexibility index (Phi) is 7.63. The van der Waals surface area contributed by atoms with Crippen LogP contribution in [0, 0.1) is 12.3 Å². The van der Waals surface area contributed by atoms with E-state index in [1.165, 1.54) is 19.3 Å². The SMILES string of the molecule is Cc1noc(-c2ccc(OC3CCCCC3)cc2)c1COC(=O)N(C)CCC(C)(C)C. The third-order valence-electron chi connectivity index (χ3n) is 5.81. The molecule has 1 fully saturated rings. The van der Waals surface area contributed by atoms with Gasteiger partial charge in [-0.1, -0.05) is 32.3 Å². The highest BCUT2D eigenvalue weighted by molar-refractivity contribution is 5.68. The molecule has 0 spiro atoms. The van der Waals surface area contributed by atoms with Crippen molar-refractivity contribution in [3.63, 3.8) is 0 Å². The third kappa shape index (κ3) is 6.74. The Labute approximate surface area is 185 Å². The van der Waals surface area contributed by atoms with E-state index in [0.717, 1.165) is 41.8 Å². The lowest BCUT2D eigenvalue weighted by molar-refractivity contribution is 0.101. The molecule has 1 aromatic carbocycles. The second-order valence-corrected chi connectivity index (χ2v) is 9.76. The van der Waals surface area contributed by atoms with Gasteiger partial charge in [-0.05, 0) is 68.7 Å². The summed E-state index contributed by atoms with van der Waals surface area (Å²) >= 11 is 0. The van der Waals surface area contributed by atoms with Crippen LogP contribution in [0.1, 0.15) is 70.6 Å². The Hall–Kier alpha value is -2.50. The van der Waals surface area contributed by atoms with E-state index in [9.17, 15) is 4.79 Å². The Morgan fingerprint density at radius 1 is 1.16 bits per heavy atom. The van der Waals surface area contributed by atoms with Gasteiger partial charge in [0.15, 0.2) is 5.76 Å². The third-order valence-corrected chi connectivity index (χ3v) is 5.81. The van der Waals surface area contributed by atoms with Crippen LogP contribution in [-0.2, 0) is 11.3 Å². The molecule has 1 saturated carbocycles. The topological polar surface area (TPSA) is 64.8 Å². The van der Waals surface area contributed by atoms with Gasteiger partial charge in [-0.2, -0.15) is 0 Å². The van der Waals surface area contributed by atoms with Crippen LogP contribution in [0.25, 0.3) is 11.3 Å². The van der Waals surface area contributed by atoms with E-state index in [-0.39, 0.29) is 18.1 Å². The van der Waals surface area contributed by atoms with Crippen LogP contribution in [0.5, 0.6) is 5.75 Å². The summed E-state index contributed by atoms with van der Waals surface area (Å²) in [6.07, 6.45) is 6.94. The number of nitrogens with zero attached hydrogens (tertiary/aromatic N) is 2. The first-order valence-electron chi connectivity index (χ1n) is 11.3. The maximum Gasteiger partial charge on any atom is 0.409 e. The van der Waals surface area contributed by atoms with Crippen molar-refractivity contribution in [3.05, 3.63) is 35.5 Å². The summed E-state index contributed by atoms with van der Waals surface area (Å²) in [5, 5.41) is 4.09. The van der Waals surface area contributed by atoms with Gasteiger partial charge in [0, 0.05) is 19.2 Å². The van der Waals surface area contributed by atoms with E-state index >= 15 is 0 Å². The molecule has 6 heteroatoms. The van der Waals surface area contributed by atoms with Crippen molar-refractivity contribution in [3.8, 4) is 17.1 Å². The Morgan fingerprint density at radius 3 is 2.48 bits per heavy atom. The first kappa shape index (κ1) is 23.2. The number of benzene rings is 1. The van der Waals surface area contributed by atoms with Crippen LogP contribution < -0.4 is 4.74 Å². The molecule has 0 radical (unpaired) electrons. The average Bonchev–Trinajstić information content (AvgIpc) is 3.11. The lowest BCUT2D eigenvalue weighted by Gasteiger charge is -2.23. The fourth-order valence-electron chi connectivity index (χ4n) is 3.68. The molecule has 31 heavy (non-hydrogen) atoms. The van der Waals surface area contributed by atoms with Crippen molar-refractivity contribution < 1.29 is 18.8 Å².